The van der Waals surface area contributed by atoms with Gasteiger partial charge in [-0.25, -0.2) is 4.98 Å². The molecule has 0 radical (unpaired) electrons. The molecule has 4 rings (SSSR count). The highest BCUT2D eigenvalue weighted by Crippen LogP contribution is 2.22. The smallest absolute Gasteiger partial charge is 0.257 e. The monoisotopic (exact) mass is 348 g/mol. The molecule has 134 valence electrons. The van der Waals surface area contributed by atoms with Crippen molar-refractivity contribution < 1.29 is 4.79 Å². The summed E-state index contributed by atoms with van der Waals surface area (Å²) in [6.07, 6.45) is 7.46. The minimum Gasteiger partial charge on any atom is -0.357 e. The lowest BCUT2D eigenvalue weighted by Crippen LogP contribution is -2.30. The molecule has 1 N–H and O–H groups in total. The van der Waals surface area contributed by atoms with Gasteiger partial charge in [-0.1, -0.05) is 6.07 Å². The van der Waals surface area contributed by atoms with Crippen molar-refractivity contribution in [3.63, 3.8) is 0 Å². The van der Waals surface area contributed by atoms with Gasteiger partial charge in [-0.05, 0) is 61.9 Å². The van der Waals surface area contributed by atoms with Gasteiger partial charge < -0.3 is 14.8 Å². The van der Waals surface area contributed by atoms with Crippen molar-refractivity contribution >= 4 is 28.3 Å². The number of anilines is 2. The molecule has 0 atom stereocenters. The standard InChI is InChI=1S/C21H24N4O/c1-2-24-13-10-16-6-8-18(14-19(16)24)23-21(26)17-7-9-20(22-15-17)25-11-4-3-5-12-25/h6-10,13-15H,2-5,11-12H2,1H3,(H,23,26). The van der Waals surface area contributed by atoms with Gasteiger partial charge in [-0.2, -0.15) is 0 Å². The van der Waals surface area contributed by atoms with Gasteiger partial charge >= 0.3 is 0 Å². The van der Waals surface area contributed by atoms with Crippen LogP contribution < -0.4 is 10.2 Å². The molecule has 26 heavy (non-hydrogen) atoms. The summed E-state index contributed by atoms with van der Waals surface area (Å²) in [4.78, 5) is 19.3. The van der Waals surface area contributed by atoms with E-state index in [2.05, 4.69) is 39.0 Å². The van der Waals surface area contributed by atoms with Crippen LogP contribution in [0.5, 0.6) is 0 Å². The summed E-state index contributed by atoms with van der Waals surface area (Å²) in [5.41, 5.74) is 2.51. The van der Waals surface area contributed by atoms with Gasteiger partial charge in [0.1, 0.15) is 5.82 Å². The van der Waals surface area contributed by atoms with E-state index in [1.807, 2.05) is 30.3 Å². The molecule has 1 aliphatic heterocycles. The van der Waals surface area contributed by atoms with Crippen LogP contribution in [0.15, 0.2) is 48.8 Å². The molecule has 3 aromatic rings. The Bertz CT molecular complexity index is 907. The molecule has 1 aromatic carbocycles. The summed E-state index contributed by atoms with van der Waals surface area (Å²) >= 11 is 0. The first kappa shape index (κ1) is 16.6. The topological polar surface area (TPSA) is 50.2 Å². The molecule has 5 heteroatoms. The molecular formula is C21H24N4O. The summed E-state index contributed by atoms with van der Waals surface area (Å²) in [6.45, 7) is 5.12. The number of rotatable bonds is 4. The lowest BCUT2D eigenvalue weighted by Gasteiger charge is -2.27. The number of hydrogen-bond acceptors (Lipinski definition) is 3. The van der Waals surface area contributed by atoms with Crippen LogP contribution in [0.25, 0.3) is 10.9 Å². The van der Waals surface area contributed by atoms with Gasteiger partial charge in [0, 0.05) is 37.7 Å². The molecule has 1 fully saturated rings. The number of pyridine rings is 1. The van der Waals surface area contributed by atoms with Gasteiger partial charge in [0.15, 0.2) is 0 Å². The molecule has 0 bridgehead atoms. The van der Waals surface area contributed by atoms with Crippen molar-refractivity contribution in [2.75, 3.05) is 23.3 Å². The Kier molecular flexibility index (Phi) is 4.61. The van der Waals surface area contributed by atoms with E-state index in [1.54, 1.807) is 6.20 Å². The fourth-order valence-corrected chi connectivity index (χ4v) is 3.57. The summed E-state index contributed by atoms with van der Waals surface area (Å²) < 4.78 is 2.17. The number of nitrogens with one attached hydrogen (secondary N) is 1. The lowest BCUT2D eigenvalue weighted by atomic mass is 10.1. The Morgan fingerprint density at radius 3 is 2.69 bits per heavy atom. The maximum atomic E-state index is 12.6. The van der Waals surface area contributed by atoms with E-state index < -0.39 is 0 Å². The maximum Gasteiger partial charge on any atom is 0.257 e. The molecule has 1 saturated heterocycles. The number of piperidine rings is 1. The zero-order valence-corrected chi connectivity index (χ0v) is 15.1. The Balaban J connectivity index is 1.49. The summed E-state index contributed by atoms with van der Waals surface area (Å²) in [5, 5.41) is 4.16. The second-order valence-electron chi connectivity index (χ2n) is 6.78. The SMILES string of the molecule is CCn1ccc2ccc(NC(=O)c3ccc(N4CCCCC4)nc3)cc21. The minimum atomic E-state index is -0.128. The van der Waals surface area contributed by atoms with Crippen molar-refractivity contribution in [1.29, 1.82) is 0 Å². The Morgan fingerprint density at radius 2 is 1.96 bits per heavy atom. The van der Waals surface area contributed by atoms with Crippen molar-refractivity contribution in [3.8, 4) is 0 Å². The molecule has 1 aliphatic rings. The zero-order valence-electron chi connectivity index (χ0n) is 15.1. The van der Waals surface area contributed by atoms with Crippen LogP contribution in [0.4, 0.5) is 11.5 Å². The largest absolute Gasteiger partial charge is 0.357 e. The average Bonchev–Trinajstić information content (AvgIpc) is 3.11. The maximum absolute atomic E-state index is 12.6. The minimum absolute atomic E-state index is 0.128. The molecule has 0 unspecified atom stereocenters. The van der Waals surface area contributed by atoms with Crippen molar-refractivity contribution in [2.24, 2.45) is 0 Å². The predicted octanol–water partition coefficient (Wildman–Crippen LogP) is 4.30. The quantitative estimate of drug-likeness (QED) is 0.765. The first-order valence-corrected chi connectivity index (χ1v) is 9.36. The molecule has 5 nitrogen and oxygen atoms in total. The average molecular weight is 348 g/mol. The number of hydrogen-bond donors (Lipinski definition) is 1. The van der Waals surface area contributed by atoms with Crippen LogP contribution in [0.1, 0.15) is 36.5 Å². The number of carbonyl (C=O) groups excluding carboxylic acids is 1. The fraction of sp³-hybridized carbons (Fsp3) is 0.333. The second kappa shape index (κ2) is 7.20. The first-order valence-electron chi connectivity index (χ1n) is 9.36. The normalized spacial score (nSPS) is 14.6. The Hall–Kier alpha value is -2.82. The Labute approximate surface area is 153 Å². The van der Waals surface area contributed by atoms with E-state index in [9.17, 15) is 4.79 Å². The Morgan fingerprint density at radius 1 is 1.12 bits per heavy atom. The number of nitrogens with zero attached hydrogens (tertiary/aromatic N) is 3. The van der Waals surface area contributed by atoms with Gasteiger partial charge in [0.25, 0.3) is 5.91 Å². The highest BCUT2D eigenvalue weighted by atomic mass is 16.1. The number of fused-ring (bicyclic) bond motifs is 1. The zero-order chi connectivity index (χ0) is 17.9. The summed E-state index contributed by atoms with van der Waals surface area (Å²) in [7, 11) is 0. The van der Waals surface area contributed by atoms with E-state index in [0.29, 0.717) is 5.56 Å². The van der Waals surface area contributed by atoms with Gasteiger partial charge in [-0.3, -0.25) is 4.79 Å². The van der Waals surface area contributed by atoms with Crippen LogP contribution in [-0.2, 0) is 6.54 Å². The molecule has 0 aliphatic carbocycles. The van der Waals surface area contributed by atoms with Crippen molar-refractivity contribution in [2.45, 2.75) is 32.7 Å². The third-order valence-corrected chi connectivity index (χ3v) is 5.06. The van der Waals surface area contributed by atoms with Gasteiger partial charge in [0.2, 0.25) is 0 Å². The molecular weight excluding hydrogens is 324 g/mol. The van der Waals surface area contributed by atoms with Crippen LogP contribution in [0.3, 0.4) is 0 Å². The lowest BCUT2D eigenvalue weighted by molar-refractivity contribution is 0.102. The third-order valence-electron chi connectivity index (χ3n) is 5.06. The van der Waals surface area contributed by atoms with E-state index >= 15 is 0 Å². The van der Waals surface area contributed by atoms with Gasteiger partial charge in [0.05, 0.1) is 11.1 Å². The molecule has 0 spiro atoms. The number of aryl methyl sites for hydroxylation is 1. The van der Waals surface area contributed by atoms with Gasteiger partial charge in [-0.15, -0.1) is 0 Å². The summed E-state index contributed by atoms with van der Waals surface area (Å²) in [5.74, 6) is 0.833. The highest BCUT2D eigenvalue weighted by Gasteiger charge is 2.13. The highest BCUT2D eigenvalue weighted by molar-refractivity contribution is 6.05. The second-order valence-corrected chi connectivity index (χ2v) is 6.78. The van der Waals surface area contributed by atoms with E-state index in [-0.39, 0.29) is 5.91 Å². The van der Waals surface area contributed by atoms with E-state index in [0.717, 1.165) is 36.7 Å². The third kappa shape index (κ3) is 3.29. The van der Waals surface area contributed by atoms with E-state index in [4.69, 9.17) is 0 Å². The van der Waals surface area contributed by atoms with Crippen molar-refractivity contribution in [1.82, 2.24) is 9.55 Å². The van der Waals surface area contributed by atoms with Crippen LogP contribution in [0.2, 0.25) is 0 Å². The molecule has 2 aromatic heterocycles. The number of carbonyl (C=O) groups is 1. The number of benzene rings is 1. The van der Waals surface area contributed by atoms with E-state index in [1.165, 1.54) is 24.6 Å². The first-order chi connectivity index (χ1) is 12.7. The molecule has 3 heterocycles. The molecule has 0 saturated carbocycles. The number of aromatic nitrogens is 2. The molecule has 1 amide bonds. The number of amides is 1. The van der Waals surface area contributed by atoms with Crippen molar-refractivity contribution in [3.05, 3.63) is 54.4 Å². The van der Waals surface area contributed by atoms with Crippen LogP contribution in [0, 0.1) is 0 Å². The predicted molar refractivity (Wildman–Crippen MR) is 106 cm³/mol. The van der Waals surface area contributed by atoms with Crippen LogP contribution >= 0.6 is 0 Å². The van der Waals surface area contributed by atoms with Crippen LogP contribution in [-0.4, -0.2) is 28.5 Å². The summed E-state index contributed by atoms with van der Waals surface area (Å²) in [6, 6.07) is 11.9. The fourth-order valence-electron chi connectivity index (χ4n) is 3.57.